The minimum atomic E-state index is -0.324. The van der Waals surface area contributed by atoms with Gasteiger partial charge in [-0.25, -0.2) is 4.39 Å². The van der Waals surface area contributed by atoms with E-state index in [1.807, 2.05) is 0 Å². The Morgan fingerprint density at radius 1 is 1.18 bits per heavy atom. The lowest BCUT2D eigenvalue weighted by Crippen LogP contribution is -2.33. The molecule has 1 N–H and O–H groups in total. The third-order valence-corrected chi connectivity index (χ3v) is 4.14. The van der Waals surface area contributed by atoms with E-state index >= 15 is 0 Å². The Morgan fingerprint density at radius 2 is 1.86 bits per heavy atom. The molecule has 1 aliphatic rings. The molecule has 0 radical (unpaired) electrons. The molecule has 0 aliphatic carbocycles. The van der Waals surface area contributed by atoms with Crippen LogP contribution >= 0.6 is 0 Å². The van der Waals surface area contributed by atoms with E-state index in [9.17, 15) is 14.0 Å². The molecule has 2 aromatic carbocycles. The van der Waals surface area contributed by atoms with Crippen molar-refractivity contribution in [3.63, 3.8) is 0 Å². The van der Waals surface area contributed by atoms with Gasteiger partial charge in [-0.3, -0.25) is 14.5 Å². The number of ether oxygens (including phenoxy) is 3. The number of carbonyl (C=O) groups is 2. The predicted molar refractivity (Wildman–Crippen MR) is 101 cm³/mol. The van der Waals surface area contributed by atoms with Crippen LogP contribution in [0.4, 0.5) is 10.1 Å². The van der Waals surface area contributed by atoms with Crippen LogP contribution in [0.15, 0.2) is 36.4 Å². The van der Waals surface area contributed by atoms with E-state index in [0.717, 1.165) is 0 Å². The van der Waals surface area contributed by atoms with Crippen molar-refractivity contribution in [2.75, 3.05) is 38.9 Å². The maximum atomic E-state index is 12.9. The van der Waals surface area contributed by atoms with Crippen molar-refractivity contribution in [1.82, 2.24) is 4.90 Å². The van der Waals surface area contributed by atoms with Crippen LogP contribution in [-0.4, -0.2) is 50.1 Å². The molecule has 1 aliphatic heterocycles. The van der Waals surface area contributed by atoms with Gasteiger partial charge in [0, 0.05) is 18.2 Å². The van der Waals surface area contributed by atoms with Crippen molar-refractivity contribution in [2.45, 2.75) is 6.92 Å². The first-order chi connectivity index (χ1) is 13.4. The number of nitrogens with zero attached hydrogens (tertiary/aromatic N) is 1. The zero-order chi connectivity index (χ0) is 20.1. The number of hydrogen-bond acceptors (Lipinski definition) is 6. The van der Waals surface area contributed by atoms with E-state index in [4.69, 9.17) is 14.2 Å². The molecule has 3 rings (SSSR count). The quantitative estimate of drug-likeness (QED) is 0.701. The van der Waals surface area contributed by atoms with Crippen molar-refractivity contribution in [3.05, 3.63) is 47.8 Å². The van der Waals surface area contributed by atoms with Gasteiger partial charge in [0.2, 0.25) is 12.7 Å². The van der Waals surface area contributed by atoms with Gasteiger partial charge in [-0.15, -0.1) is 0 Å². The van der Waals surface area contributed by atoms with Gasteiger partial charge in [-0.05, 0) is 44.3 Å². The van der Waals surface area contributed by atoms with E-state index in [2.05, 4.69) is 5.32 Å². The number of ketones is 1. The van der Waals surface area contributed by atoms with Crippen LogP contribution in [0.3, 0.4) is 0 Å². The SMILES string of the molecule is CC(=O)c1cc2c(cc1NC(=O)CN(C)CCOc1ccc(F)cc1)OCO2. The first-order valence-corrected chi connectivity index (χ1v) is 8.73. The molecule has 0 fully saturated rings. The molecule has 1 heterocycles. The summed E-state index contributed by atoms with van der Waals surface area (Å²) >= 11 is 0. The second kappa shape index (κ2) is 8.71. The van der Waals surface area contributed by atoms with Crippen LogP contribution in [0.25, 0.3) is 0 Å². The van der Waals surface area contributed by atoms with Gasteiger partial charge in [-0.1, -0.05) is 0 Å². The largest absolute Gasteiger partial charge is 0.492 e. The van der Waals surface area contributed by atoms with Gasteiger partial charge in [0.05, 0.1) is 12.2 Å². The zero-order valence-electron chi connectivity index (χ0n) is 15.7. The van der Waals surface area contributed by atoms with Crippen molar-refractivity contribution >= 4 is 17.4 Å². The lowest BCUT2D eigenvalue weighted by Gasteiger charge is -2.17. The van der Waals surface area contributed by atoms with Crippen LogP contribution in [0, 0.1) is 5.82 Å². The van der Waals surface area contributed by atoms with Crippen LogP contribution in [-0.2, 0) is 4.79 Å². The molecule has 8 heteroatoms. The van der Waals surface area contributed by atoms with Gasteiger partial charge >= 0.3 is 0 Å². The first-order valence-electron chi connectivity index (χ1n) is 8.73. The maximum absolute atomic E-state index is 12.9. The number of nitrogens with one attached hydrogen (secondary N) is 1. The summed E-state index contributed by atoms with van der Waals surface area (Å²) in [5.41, 5.74) is 0.748. The summed E-state index contributed by atoms with van der Waals surface area (Å²) in [6, 6.07) is 8.90. The Balaban J connectivity index is 1.52. The van der Waals surface area contributed by atoms with Gasteiger partial charge in [0.15, 0.2) is 17.3 Å². The van der Waals surface area contributed by atoms with Crippen molar-refractivity contribution < 1.29 is 28.2 Å². The van der Waals surface area contributed by atoms with E-state index < -0.39 is 0 Å². The molecular weight excluding hydrogens is 367 g/mol. The second-order valence-corrected chi connectivity index (χ2v) is 6.40. The van der Waals surface area contributed by atoms with Gasteiger partial charge in [0.1, 0.15) is 18.2 Å². The molecule has 0 bridgehead atoms. The lowest BCUT2D eigenvalue weighted by atomic mass is 10.1. The number of anilines is 1. The fourth-order valence-electron chi connectivity index (χ4n) is 2.70. The van der Waals surface area contributed by atoms with Crippen molar-refractivity contribution in [1.29, 1.82) is 0 Å². The number of rotatable bonds is 8. The van der Waals surface area contributed by atoms with E-state index in [1.165, 1.54) is 19.1 Å². The Hall–Kier alpha value is -3.13. The highest BCUT2D eigenvalue weighted by Gasteiger charge is 2.20. The highest BCUT2D eigenvalue weighted by molar-refractivity contribution is 6.05. The number of amides is 1. The normalized spacial score (nSPS) is 12.1. The van der Waals surface area contributed by atoms with Crippen LogP contribution < -0.4 is 19.5 Å². The van der Waals surface area contributed by atoms with Gasteiger partial charge in [-0.2, -0.15) is 0 Å². The summed E-state index contributed by atoms with van der Waals surface area (Å²) in [6.45, 7) is 2.45. The van der Waals surface area contributed by atoms with Gasteiger partial charge < -0.3 is 19.5 Å². The number of hydrogen-bond donors (Lipinski definition) is 1. The molecular formula is C20H21FN2O5. The standard InChI is InChI=1S/C20H21FN2O5/c1-13(24)16-9-18-19(28-12-27-18)10-17(16)22-20(25)11-23(2)7-8-26-15-5-3-14(21)4-6-15/h3-6,9-10H,7-8,11-12H2,1-2H3,(H,22,25). The molecule has 0 unspecified atom stereocenters. The second-order valence-electron chi connectivity index (χ2n) is 6.40. The molecule has 1 amide bonds. The number of benzene rings is 2. The average Bonchev–Trinajstić information content (AvgIpc) is 3.09. The summed E-state index contributed by atoms with van der Waals surface area (Å²) < 4.78 is 29.0. The lowest BCUT2D eigenvalue weighted by molar-refractivity contribution is -0.117. The van der Waals surface area contributed by atoms with E-state index in [-0.39, 0.29) is 30.8 Å². The summed E-state index contributed by atoms with van der Waals surface area (Å²) in [6.07, 6.45) is 0. The number of fused-ring (bicyclic) bond motifs is 1. The molecule has 0 aromatic heterocycles. The first kappa shape index (κ1) is 19.6. The fourth-order valence-corrected chi connectivity index (χ4v) is 2.70. The summed E-state index contributed by atoms with van der Waals surface area (Å²) in [5, 5.41) is 2.75. The summed E-state index contributed by atoms with van der Waals surface area (Å²) in [4.78, 5) is 26.0. The Bertz CT molecular complexity index is 870. The number of likely N-dealkylation sites (N-methyl/N-ethyl adjacent to an activating group) is 1. The smallest absolute Gasteiger partial charge is 0.238 e. The molecule has 0 spiro atoms. The number of Topliss-reactive ketones (excluding diaryl/α,β-unsaturated/α-hetero) is 1. The minimum Gasteiger partial charge on any atom is -0.492 e. The van der Waals surface area contributed by atoms with Crippen molar-refractivity contribution in [2.24, 2.45) is 0 Å². The number of carbonyl (C=O) groups excluding carboxylic acids is 2. The molecule has 0 saturated carbocycles. The molecule has 28 heavy (non-hydrogen) atoms. The van der Waals surface area contributed by atoms with Crippen LogP contribution in [0.5, 0.6) is 17.2 Å². The zero-order valence-corrected chi connectivity index (χ0v) is 15.7. The maximum Gasteiger partial charge on any atom is 0.238 e. The van der Waals surface area contributed by atoms with Crippen LogP contribution in [0.2, 0.25) is 0 Å². The molecule has 2 aromatic rings. The molecule has 148 valence electrons. The summed E-state index contributed by atoms with van der Waals surface area (Å²) in [7, 11) is 1.78. The van der Waals surface area contributed by atoms with Crippen molar-refractivity contribution in [3.8, 4) is 17.2 Å². The molecule has 0 atom stereocenters. The third-order valence-electron chi connectivity index (χ3n) is 4.14. The topological polar surface area (TPSA) is 77.1 Å². The Kier molecular flexibility index (Phi) is 6.10. The monoisotopic (exact) mass is 388 g/mol. The minimum absolute atomic E-state index is 0.0842. The van der Waals surface area contributed by atoms with Gasteiger partial charge in [0.25, 0.3) is 0 Å². The van der Waals surface area contributed by atoms with E-state index in [1.54, 1.807) is 36.2 Å². The molecule has 0 saturated heterocycles. The Labute approximate surface area is 162 Å². The van der Waals surface area contributed by atoms with E-state index in [0.29, 0.717) is 41.7 Å². The predicted octanol–water partition coefficient (Wildman–Crippen LogP) is 2.71. The average molecular weight is 388 g/mol. The highest BCUT2D eigenvalue weighted by atomic mass is 19.1. The molecule has 7 nitrogen and oxygen atoms in total. The highest BCUT2D eigenvalue weighted by Crippen LogP contribution is 2.37. The van der Waals surface area contributed by atoms with Crippen LogP contribution in [0.1, 0.15) is 17.3 Å². The Morgan fingerprint density at radius 3 is 2.54 bits per heavy atom. The summed E-state index contributed by atoms with van der Waals surface area (Å²) in [5.74, 6) is 0.750. The fraction of sp³-hybridized carbons (Fsp3) is 0.300. The number of halogens is 1. The third kappa shape index (κ3) is 4.98.